The van der Waals surface area contributed by atoms with Gasteiger partial charge in [-0.25, -0.2) is 0 Å². The largest absolute Gasteiger partial charge is 0.316 e. The average Bonchev–Trinajstić information content (AvgIpc) is 2.10. The zero-order valence-electron chi connectivity index (χ0n) is 9.42. The maximum absolute atomic E-state index is 3.53. The van der Waals surface area contributed by atoms with Crippen LogP contribution < -0.4 is 10.6 Å². The molecule has 2 aliphatic heterocycles. The van der Waals surface area contributed by atoms with Crippen LogP contribution in [0.2, 0.25) is 0 Å². The van der Waals surface area contributed by atoms with Crippen molar-refractivity contribution >= 4 is 0 Å². The van der Waals surface area contributed by atoms with E-state index in [1.807, 2.05) is 0 Å². The molecule has 0 aromatic heterocycles. The van der Waals surface area contributed by atoms with E-state index in [1.54, 1.807) is 0 Å². The standard InChI is InChI=1S/C11H23N3/c1-12-11(10-6-13-7-10)9-4-3-5-14(2)8-9/h9-13H,3-8H2,1-2H3. The lowest BCUT2D eigenvalue weighted by molar-refractivity contribution is 0.126. The van der Waals surface area contributed by atoms with Gasteiger partial charge in [0.1, 0.15) is 0 Å². The Morgan fingerprint density at radius 3 is 2.64 bits per heavy atom. The molecule has 2 saturated heterocycles. The number of likely N-dealkylation sites (tertiary alicyclic amines) is 1. The van der Waals surface area contributed by atoms with Crippen LogP contribution in [0.5, 0.6) is 0 Å². The van der Waals surface area contributed by atoms with E-state index in [0.717, 1.165) is 17.9 Å². The van der Waals surface area contributed by atoms with Crippen LogP contribution in [0.15, 0.2) is 0 Å². The van der Waals surface area contributed by atoms with Gasteiger partial charge in [0, 0.05) is 25.7 Å². The fourth-order valence-corrected chi connectivity index (χ4v) is 2.92. The predicted molar refractivity (Wildman–Crippen MR) is 59.4 cm³/mol. The number of piperidine rings is 1. The fraction of sp³-hybridized carbons (Fsp3) is 1.00. The van der Waals surface area contributed by atoms with Gasteiger partial charge in [-0.15, -0.1) is 0 Å². The summed E-state index contributed by atoms with van der Waals surface area (Å²) in [4.78, 5) is 2.48. The van der Waals surface area contributed by atoms with Gasteiger partial charge in [-0.1, -0.05) is 0 Å². The highest BCUT2D eigenvalue weighted by Gasteiger charge is 2.33. The summed E-state index contributed by atoms with van der Waals surface area (Å²) in [5, 5.41) is 6.90. The Hall–Kier alpha value is -0.120. The van der Waals surface area contributed by atoms with Crippen molar-refractivity contribution in [3.63, 3.8) is 0 Å². The number of nitrogens with one attached hydrogen (secondary N) is 2. The molecular weight excluding hydrogens is 174 g/mol. The third kappa shape index (κ3) is 2.10. The van der Waals surface area contributed by atoms with Crippen LogP contribution in [0.3, 0.4) is 0 Å². The van der Waals surface area contributed by atoms with Crippen LogP contribution in [0.4, 0.5) is 0 Å². The van der Waals surface area contributed by atoms with Gasteiger partial charge >= 0.3 is 0 Å². The van der Waals surface area contributed by atoms with E-state index >= 15 is 0 Å². The second kappa shape index (κ2) is 4.60. The Labute approximate surface area is 87.2 Å². The lowest BCUT2D eigenvalue weighted by Gasteiger charge is -2.42. The van der Waals surface area contributed by atoms with Crippen molar-refractivity contribution in [2.75, 3.05) is 40.3 Å². The molecule has 14 heavy (non-hydrogen) atoms. The molecule has 2 N–H and O–H groups in total. The highest BCUT2D eigenvalue weighted by atomic mass is 15.1. The van der Waals surface area contributed by atoms with E-state index in [0.29, 0.717) is 0 Å². The van der Waals surface area contributed by atoms with Crippen LogP contribution in [-0.2, 0) is 0 Å². The zero-order chi connectivity index (χ0) is 9.97. The zero-order valence-corrected chi connectivity index (χ0v) is 9.42. The van der Waals surface area contributed by atoms with Crippen LogP contribution in [0.25, 0.3) is 0 Å². The van der Waals surface area contributed by atoms with Crippen molar-refractivity contribution in [3.05, 3.63) is 0 Å². The second-order valence-electron chi connectivity index (χ2n) is 4.90. The summed E-state index contributed by atoms with van der Waals surface area (Å²) in [6, 6.07) is 0.735. The molecule has 2 rings (SSSR count). The summed E-state index contributed by atoms with van der Waals surface area (Å²) >= 11 is 0. The number of rotatable bonds is 3. The lowest BCUT2D eigenvalue weighted by atomic mass is 9.80. The summed E-state index contributed by atoms with van der Waals surface area (Å²) in [5.74, 6) is 1.74. The van der Waals surface area contributed by atoms with Gasteiger partial charge in [0.25, 0.3) is 0 Å². The first-order valence-corrected chi connectivity index (χ1v) is 5.88. The third-order valence-electron chi connectivity index (χ3n) is 3.82. The minimum Gasteiger partial charge on any atom is -0.316 e. The molecule has 0 aromatic carbocycles. The number of hydrogen-bond acceptors (Lipinski definition) is 3. The SMILES string of the molecule is CNC(C1CNC1)C1CCCN(C)C1. The van der Waals surface area contributed by atoms with Gasteiger partial charge < -0.3 is 15.5 Å². The molecule has 0 amide bonds. The molecule has 2 fully saturated rings. The van der Waals surface area contributed by atoms with E-state index in [-0.39, 0.29) is 0 Å². The Morgan fingerprint density at radius 2 is 2.14 bits per heavy atom. The predicted octanol–water partition coefficient (Wildman–Crippen LogP) is 0.136. The fourth-order valence-electron chi connectivity index (χ4n) is 2.92. The topological polar surface area (TPSA) is 27.3 Å². The molecule has 2 atom stereocenters. The van der Waals surface area contributed by atoms with Gasteiger partial charge in [0.05, 0.1) is 0 Å². The van der Waals surface area contributed by atoms with Crippen molar-refractivity contribution in [2.24, 2.45) is 11.8 Å². The van der Waals surface area contributed by atoms with Crippen molar-refractivity contribution in [1.82, 2.24) is 15.5 Å². The first kappa shape index (κ1) is 10.4. The first-order chi connectivity index (χ1) is 6.81. The quantitative estimate of drug-likeness (QED) is 0.674. The van der Waals surface area contributed by atoms with Crippen LogP contribution >= 0.6 is 0 Å². The summed E-state index contributed by atoms with van der Waals surface area (Å²) in [6.07, 6.45) is 2.78. The van der Waals surface area contributed by atoms with Crippen LogP contribution in [0.1, 0.15) is 12.8 Å². The minimum absolute atomic E-state index is 0.735. The highest BCUT2D eigenvalue weighted by molar-refractivity contribution is 4.91. The van der Waals surface area contributed by atoms with Gasteiger partial charge in [-0.2, -0.15) is 0 Å². The molecular formula is C11H23N3. The molecule has 0 bridgehead atoms. The van der Waals surface area contributed by atoms with E-state index in [9.17, 15) is 0 Å². The van der Waals surface area contributed by atoms with Crippen molar-refractivity contribution in [1.29, 1.82) is 0 Å². The normalized spacial score (nSPS) is 32.6. The molecule has 82 valence electrons. The second-order valence-corrected chi connectivity index (χ2v) is 4.90. The number of hydrogen-bond donors (Lipinski definition) is 2. The summed E-state index contributed by atoms with van der Waals surface area (Å²) in [7, 11) is 4.37. The molecule has 3 heteroatoms. The summed E-state index contributed by atoms with van der Waals surface area (Å²) < 4.78 is 0. The Kier molecular flexibility index (Phi) is 3.42. The minimum atomic E-state index is 0.735. The smallest absolute Gasteiger partial charge is 0.0157 e. The van der Waals surface area contributed by atoms with Gasteiger partial charge in [0.2, 0.25) is 0 Å². The molecule has 2 unspecified atom stereocenters. The van der Waals surface area contributed by atoms with Crippen molar-refractivity contribution < 1.29 is 0 Å². The van der Waals surface area contributed by atoms with Crippen molar-refractivity contribution in [2.45, 2.75) is 18.9 Å². The molecule has 2 aliphatic rings. The van der Waals surface area contributed by atoms with Crippen LogP contribution in [-0.4, -0.2) is 51.2 Å². The molecule has 2 heterocycles. The molecule has 0 aliphatic carbocycles. The highest BCUT2D eigenvalue weighted by Crippen LogP contribution is 2.24. The molecule has 0 saturated carbocycles. The summed E-state index contributed by atoms with van der Waals surface area (Å²) in [5.41, 5.74) is 0. The van der Waals surface area contributed by atoms with Gasteiger partial charge in [-0.05, 0) is 45.3 Å². The molecule has 0 radical (unpaired) electrons. The van der Waals surface area contributed by atoms with E-state index < -0.39 is 0 Å². The summed E-state index contributed by atoms with van der Waals surface area (Å²) in [6.45, 7) is 5.00. The van der Waals surface area contributed by atoms with Crippen molar-refractivity contribution in [3.8, 4) is 0 Å². The van der Waals surface area contributed by atoms with Gasteiger partial charge in [0.15, 0.2) is 0 Å². The molecule has 0 aromatic rings. The molecule has 3 nitrogen and oxygen atoms in total. The maximum atomic E-state index is 3.53. The average molecular weight is 197 g/mol. The first-order valence-electron chi connectivity index (χ1n) is 5.88. The lowest BCUT2D eigenvalue weighted by Crippen LogP contribution is -2.57. The Bertz CT molecular complexity index is 179. The Balaban J connectivity index is 1.89. The van der Waals surface area contributed by atoms with Crippen LogP contribution in [0, 0.1) is 11.8 Å². The van der Waals surface area contributed by atoms with E-state index in [4.69, 9.17) is 0 Å². The third-order valence-corrected chi connectivity index (χ3v) is 3.82. The maximum Gasteiger partial charge on any atom is 0.0157 e. The number of nitrogens with zero attached hydrogens (tertiary/aromatic N) is 1. The van der Waals surface area contributed by atoms with Gasteiger partial charge in [-0.3, -0.25) is 0 Å². The Morgan fingerprint density at radius 1 is 1.36 bits per heavy atom. The molecule has 0 spiro atoms. The van der Waals surface area contributed by atoms with E-state index in [1.165, 1.54) is 39.0 Å². The van der Waals surface area contributed by atoms with E-state index in [2.05, 4.69) is 29.6 Å². The monoisotopic (exact) mass is 197 g/mol.